The molecule has 0 amide bonds. The lowest BCUT2D eigenvalue weighted by Crippen LogP contribution is -2.38. The summed E-state index contributed by atoms with van der Waals surface area (Å²) in [7, 11) is 0. The number of aliphatic hydroxyl groups excluding tert-OH is 1. The molecule has 0 aliphatic heterocycles. The van der Waals surface area contributed by atoms with E-state index in [0.29, 0.717) is 35.2 Å². The van der Waals surface area contributed by atoms with Gasteiger partial charge in [-0.1, -0.05) is 44.5 Å². The van der Waals surface area contributed by atoms with Gasteiger partial charge in [0.25, 0.3) is 0 Å². The Morgan fingerprint density at radius 3 is 2.17 bits per heavy atom. The molecule has 190 valence electrons. The Morgan fingerprint density at radius 2 is 1.64 bits per heavy atom. The van der Waals surface area contributed by atoms with E-state index in [1.54, 1.807) is 12.1 Å². The van der Waals surface area contributed by atoms with Crippen molar-refractivity contribution in [3.05, 3.63) is 88.0 Å². The van der Waals surface area contributed by atoms with Crippen molar-refractivity contribution in [3.63, 3.8) is 0 Å². The summed E-state index contributed by atoms with van der Waals surface area (Å²) in [5.74, 6) is -0.630. The Balaban J connectivity index is 1.74. The van der Waals surface area contributed by atoms with Gasteiger partial charge in [-0.3, -0.25) is 4.98 Å². The van der Waals surface area contributed by atoms with Gasteiger partial charge in [0.05, 0.1) is 17.4 Å². The van der Waals surface area contributed by atoms with Crippen LogP contribution in [0.1, 0.15) is 91.4 Å². The summed E-state index contributed by atoms with van der Waals surface area (Å²) in [4.78, 5) is 4.89. The molecule has 1 saturated carbocycles. The minimum absolute atomic E-state index is 0.00219. The first-order chi connectivity index (χ1) is 17.0. The van der Waals surface area contributed by atoms with E-state index >= 15 is 4.39 Å². The summed E-state index contributed by atoms with van der Waals surface area (Å²) in [6.45, 7) is 3.79. The summed E-state index contributed by atoms with van der Waals surface area (Å²) in [6.07, 6.45) is -2.82. The highest BCUT2D eigenvalue weighted by Gasteiger charge is 2.45. The van der Waals surface area contributed by atoms with Gasteiger partial charge in [0.15, 0.2) is 6.17 Å². The molecule has 0 saturated heterocycles. The number of rotatable bonds is 4. The predicted molar refractivity (Wildman–Crippen MR) is 128 cm³/mol. The smallest absolute Gasteiger partial charge is 0.388 e. The molecule has 2 aromatic carbocycles. The number of hydrogen-bond donors (Lipinski definition) is 1. The Bertz CT molecular complexity index is 1260. The number of nitrogens with zero attached hydrogens (tertiary/aromatic N) is 1. The third-order valence-electron chi connectivity index (χ3n) is 7.76. The van der Waals surface area contributed by atoms with E-state index in [0.717, 1.165) is 49.2 Å². The van der Waals surface area contributed by atoms with Crippen LogP contribution in [-0.4, -0.2) is 10.1 Å². The zero-order valence-electron chi connectivity index (χ0n) is 20.2. The molecule has 2 aliphatic carbocycles. The van der Waals surface area contributed by atoms with Crippen LogP contribution in [0.15, 0.2) is 48.5 Å². The third-order valence-corrected chi connectivity index (χ3v) is 7.76. The molecule has 3 aromatic rings. The lowest BCUT2D eigenvalue weighted by molar-refractivity contribution is -0.137. The van der Waals surface area contributed by atoms with Crippen molar-refractivity contribution in [2.75, 3.05) is 0 Å². The molecule has 1 unspecified atom stereocenters. The van der Waals surface area contributed by atoms with Crippen molar-refractivity contribution in [1.29, 1.82) is 0 Å². The molecule has 36 heavy (non-hydrogen) atoms. The van der Waals surface area contributed by atoms with E-state index in [1.807, 2.05) is 13.8 Å². The van der Waals surface area contributed by atoms with Crippen LogP contribution < -0.4 is 0 Å². The van der Waals surface area contributed by atoms with Gasteiger partial charge in [-0.25, -0.2) is 8.78 Å². The standard InChI is InChI=1S/C29H28F5NO/c1-16(2)27-25(26(31)18-4-8-19(9-5-18)29(32,33)34)23(17-6-10-20(30)11-7-17)24-21(35-27)14-28(12-3-13-28)15-22(24)36/h4-11,16,22,26,36H,3,12-15H2,1-2H3/t22-,26?/m1/s1. The van der Waals surface area contributed by atoms with E-state index in [-0.39, 0.29) is 22.5 Å². The molecule has 7 heteroatoms. The fourth-order valence-corrected chi connectivity index (χ4v) is 5.81. The van der Waals surface area contributed by atoms with E-state index < -0.39 is 29.8 Å². The molecule has 1 N–H and O–H groups in total. The van der Waals surface area contributed by atoms with Crippen molar-refractivity contribution in [2.45, 2.75) is 70.3 Å². The van der Waals surface area contributed by atoms with E-state index in [2.05, 4.69) is 0 Å². The topological polar surface area (TPSA) is 33.1 Å². The average molecular weight is 502 g/mol. The van der Waals surface area contributed by atoms with Gasteiger partial charge in [-0.2, -0.15) is 13.2 Å². The molecule has 2 aliphatic rings. The van der Waals surface area contributed by atoms with Crippen molar-refractivity contribution in [2.24, 2.45) is 5.41 Å². The molecule has 1 heterocycles. The van der Waals surface area contributed by atoms with Crippen LogP contribution in [0.5, 0.6) is 0 Å². The van der Waals surface area contributed by atoms with Crippen molar-refractivity contribution >= 4 is 0 Å². The van der Waals surface area contributed by atoms with Crippen LogP contribution in [0.2, 0.25) is 0 Å². The number of halogens is 5. The molecular weight excluding hydrogens is 473 g/mol. The van der Waals surface area contributed by atoms with Gasteiger partial charge in [0, 0.05) is 16.8 Å². The number of fused-ring (bicyclic) bond motifs is 1. The lowest BCUT2D eigenvalue weighted by atomic mass is 9.59. The maximum absolute atomic E-state index is 16.4. The van der Waals surface area contributed by atoms with Crippen LogP contribution in [0.3, 0.4) is 0 Å². The Kier molecular flexibility index (Phi) is 6.18. The van der Waals surface area contributed by atoms with Crippen molar-refractivity contribution in [3.8, 4) is 11.1 Å². The van der Waals surface area contributed by atoms with Crippen LogP contribution >= 0.6 is 0 Å². The monoisotopic (exact) mass is 501 g/mol. The zero-order chi connectivity index (χ0) is 25.8. The maximum Gasteiger partial charge on any atom is 0.416 e. The van der Waals surface area contributed by atoms with Crippen LogP contribution in [0, 0.1) is 11.2 Å². The van der Waals surface area contributed by atoms with Crippen LogP contribution in [0.25, 0.3) is 11.1 Å². The molecule has 2 nitrogen and oxygen atoms in total. The minimum Gasteiger partial charge on any atom is -0.388 e. The van der Waals surface area contributed by atoms with Gasteiger partial charge in [-0.05, 0) is 78.0 Å². The second kappa shape index (κ2) is 8.94. The maximum atomic E-state index is 16.4. The highest BCUT2D eigenvalue weighted by Crippen LogP contribution is 2.56. The fraction of sp³-hybridized carbons (Fsp3) is 0.414. The number of alkyl halides is 4. The van der Waals surface area contributed by atoms with E-state index in [1.165, 1.54) is 12.1 Å². The summed E-state index contributed by atoms with van der Waals surface area (Å²) < 4.78 is 69.5. The van der Waals surface area contributed by atoms with E-state index in [9.17, 15) is 22.7 Å². The quantitative estimate of drug-likeness (QED) is 0.365. The SMILES string of the molecule is CC(C)c1nc2c(c(-c3ccc(F)cc3)c1C(F)c1ccc(C(F)(F)F)cc1)[C@H](O)CC1(CCC1)C2. The summed E-state index contributed by atoms with van der Waals surface area (Å²) in [5.41, 5.74) is 2.23. The van der Waals surface area contributed by atoms with Gasteiger partial charge in [-0.15, -0.1) is 0 Å². The molecule has 2 atom stereocenters. The lowest BCUT2D eigenvalue weighted by Gasteiger charge is -2.47. The van der Waals surface area contributed by atoms with Crippen molar-refractivity contribution < 1.29 is 27.1 Å². The highest BCUT2D eigenvalue weighted by atomic mass is 19.4. The molecule has 1 spiro atoms. The largest absolute Gasteiger partial charge is 0.416 e. The third kappa shape index (κ3) is 4.32. The zero-order valence-corrected chi connectivity index (χ0v) is 20.2. The first-order valence-corrected chi connectivity index (χ1v) is 12.3. The average Bonchev–Trinajstić information content (AvgIpc) is 2.81. The normalized spacial score (nSPS) is 19.8. The summed E-state index contributed by atoms with van der Waals surface area (Å²) >= 11 is 0. The van der Waals surface area contributed by atoms with Crippen LogP contribution in [0.4, 0.5) is 22.0 Å². The van der Waals surface area contributed by atoms with Crippen molar-refractivity contribution in [1.82, 2.24) is 4.98 Å². The number of aromatic nitrogens is 1. The first kappa shape index (κ1) is 24.9. The first-order valence-electron chi connectivity index (χ1n) is 12.3. The molecule has 0 bridgehead atoms. The van der Waals surface area contributed by atoms with Gasteiger partial charge >= 0.3 is 6.18 Å². The van der Waals surface area contributed by atoms with Gasteiger partial charge in [0.1, 0.15) is 5.82 Å². The Morgan fingerprint density at radius 1 is 1.00 bits per heavy atom. The van der Waals surface area contributed by atoms with E-state index in [4.69, 9.17) is 4.98 Å². The Labute approximate surface area is 207 Å². The second-order valence-electron chi connectivity index (χ2n) is 10.5. The molecule has 0 radical (unpaired) electrons. The summed E-state index contributed by atoms with van der Waals surface area (Å²) in [5, 5.41) is 11.3. The molecule has 1 fully saturated rings. The second-order valence-corrected chi connectivity index (χ2v) is 10.5. The minimum atomic E-state index is -4.53. The molecule has 1 aromatic heterocycles. The number of pyridine rings is 1. The highest BCUT2D eigenvalue weighted by molar-refractivity contribution is 5.75. The van der Waals surface area contributed by atoms with Gasteiger partial charge < -0.3 is 5.11 Å². The number of hydrogen-bond acceptors (Lipinski definition) is 2. The number of aliphatic hydroxyl groups is 1. The molecule has 5 rings (SSSR count). The fourth-order valence-electron chi connectivity index (χ4n) is 5.81. The Hall–Kier alpha value is -2.80. The van der Waals surface area contributed by atoms with Gasteiger partial charge in [0.2, 0.25) is 0 Å². The number of benzene rings is 2. The van der Waals surface area contributed by atoms with Crippen LogP contribution in [-0.2, 0) is 12.6 Å². The predicted octanol–water partition coefficient (Wildman–Crippen LogP) is 8.24. The molecular formula is C29H28F5NO. The summed E-state index contributed by atoms with van der Waals surface area (Å²) in [6, 6.07) is 9.71.